The Labute approximate surface area is 156 Å². The number of benzene rings is 1. The van der Waals surface area contributed by atoms with Gasteiger partial charge in [-0.15, -0.1) is 0 Å². The fourth-order valence-electron chi connectivity index (χ4n) is 3.63. The van der Waals surface area contributed by atoms with Gasteiger partial charge < -0.3 is 24.7 Å². The van der Waals surface area contributed by atoms with Crippen molar-refractivity contribution in [3.63, 3.8) is 0 Å². The van der Waals surface area contributed by atoms with Crippen molar-refractivity contribution < 1.29 is 28.4 Å². The van der Waals surface area contributed by atoms with Gasteiger partial charge in [0.2, 0.25) is 5.91 Å². The van der Waals surface area contributed by atoms with Gasteiger partial charge in [0.1, 0.15) is 36.8 Å². The number of fused-ring (bicyclic) bond motifs is 1. The zero-order valence-electron chi connectivity index (χ0n) is 15.7. The molecule has 7 nitrogen and oxygen atoms in total. The van der Waals surface area contributed by atoms with E-state index in [1.165, 1.54) is 30.2 Å². The lowest BCUT2D eigenvalue weighted by Gasteiger charge is -2.32. The van der Waals surface area contributed by atoms with Gasteiger partial charge in [-0.1, -0.05) is 0 Å². The number of H-pyrrole nitrogens is 1. The van der Waals surface area contributed by atoms with E-state index in [0.29, 0.717) is 17.4 Å². The molecule has 3 N–H and O–H groups in total. The standard InChI is InChI=1S/C19H24FN3O4/c1-11-9-23(10-12(2)27-11)7-6-16(24)22-17-14-8-13(20)4-5-15(14)21-18(17)19(25)26-3/h4-5,8,11-12,21H,6-7,9-10H2,1-3H3,(H,22,24)/p+1/t11-,12+. The van der Waals surface area contributed by atoms with Gasteiger partial charge in [-0.2, -0.15) is 0 Å². The van der Waals surface area contributed by atoms with Gasteiger partial charge in [-0.05, 0) is 32.0 Å². The Balaban J connectivity index is 1.74. The SMILES string of the molecule is COC(=O)c1[nH]c2ccc(F)cc2c1NC(=O)CC[NH+]1C[C@@H](C)O[C@@H](C)C1. The van der Waals surface area contributed by atoms with Crippen molar-refractivity contribution in [3.8, 4) is 0 Å². The van der Waals surface area contributed by atoms with Crippen LogP contribution in [-0.2, 0) is 14.3 Å². The van der Waals surface area contributed by atoms with Crippen molar-refractivity contribution in [2.24, 2.45) is 0 Å². The summed E-state index contributed by atoms with van der Waals surface area (Å²) in [6, 6.07) is 4.09. The maximum Gasteiger partial charge on any atom is 0.356 e. The van der Waals surface area contributed by atoms with Crippen molar-refractivity contribution in [3.05, 3.63) is 29.7 Å². The topological polar surface area (TPSA) is 84.9 Å². The van der Waals surface area contributed by atoms with Crippen LogP contribution in [-0.4, -0.2) is 55.8 Å². The van der Waals surface area contributed by atoms with Gasteiger partial charge in [0, 0.05) is 10.9 Å². The molecule has 0 radical (unpaired) electrons. The minimum absolute atomic E-state index is 0.104. The van der Waals surface area contributed by atoms with E-state index in [1.54, 1.807) is 0 Å². The molecule has 1 aromatic carbocycles. The van der Waals surface area contributed by atoms with Crippen molar-refractivity contribution >= 4 is 28.5 Å². The molecule has 1 unspecified atom stereocenters. The molecule has 1 aromatic heterocycles. The number of quaternary nitrogens is 1. The van der Waals surface area contributed by atoms with Crippen LogP contribution in [0.2, 0.25) is 0 Å². The van der Waals surface area contributed by atoms with Crippen LogP contribution in [0.5, 0.6) is 0 Å². The van der Waals surface area contributed by atoms with Crippen LogP contribution in [0.4, 0.5) is 10.1 Å². The van der Waals surface area contributed by atoms with E-state index in [-0.39, 0.29) is 35.9 Å². The van der Waals surface area contributed by atoms with Crippen LogP contribution in [0, 0.1) is 5.82 Å². The summed E-state index contributed by atoms with van der Waals surface area (Å²) in [5.41, 5.74) is 0.904. The minimum atomic E-state index is -0.622. The Morgan fingerprint density at radius 1 is 1.33 bits per heavy atom. The molecule has 3 atom stereocenters. The number of esters is 1. The summed E-state index contributed by atoms with van der Waals surface area (Å²) in [5, 5.41) is 3.19. The highest BCUT2D eigenvalue weighted by molar-refractivity contribution is 6.10. The highest BCUT2D eigenvalue weighted by Gasteiger charge is 2.26. The average molecular weight is 378 g/mol. The zero-order chi connectivity index (χ0) is 19.6. The molecule has 0 aliphatic carbocycles. The number of hydrogen-bond acceptors (Lipinski definition) is 4. The molecule has 0 bridgehead atoms. The first-order valence-corrected chi connectivity index (χ1v) is 9.05. The molecule has 2 aromatic rings. The van der Waals surface area contributed by atoms with E-state index < -0.39 is 11.8 Å². The third-order valence-electron chi connectivity index (χ3n) is 4.74. The first-order chi connectivity index (χ1) is 12.9. The van der Waals surface area contributed by atoms with E-state index in [2.05, 4.69) is 10.3 Å². The Morgan fingerprint density at radius 3 is 2.70 bits per heavy atom. The highest BCUT2D eigenvalue weighted by atomic mass is 19.1. The first kappa shape index (κ1) is 19.3. The third-order valence-corrected chi connectivity index (χ3v) is 4.74. The maximum atomic E-state index is 13.7. The van der Waals surface area contributed by atoms with Crippen molar-refractivity contribution in [1.82, 2.24) is 4.98 Å². The molecule has 1 amide bonds. The number of halogens is 1. The second kappa shape index (κ2) is 8.06. The Kier molecular flexibility index (Phi) is 5.76. The number of carbonyl (C=O) groups excluding carboxylic acids is 2. The molecule has 1 saturated heterocycles. The zero-order valence-corrected chi connectivity index (χ0v) is 15.7. The summed E-state index contributed by atoms with van der Waals surface area (Å²) < 4.78 is 24.1. The van der Waals surface area contributed by atoms with Gasteiger partial charge in [0.05, 0.1) is 25.8 Å². The maximum absolute atomic E-state index is 13.7. The predicted molar refractivity (Wildman–Crippen MR) is 98.4 cm³/mol. The number of aromatic nitrogens is 1. The van der Waals surface area contributed by atoms with Crippen LogP contribution in [0.25, 0.3) is 10.9 Å². The van der Waals surface area contributed by atoms with Crippen LogP contribution >= 0.6 is 0 Å². The van der Waals surface area contributed by atoms with Gasteiger partial charge >= 0.3 is 5.97 Å². The number of hydrogen-bond donors (Lipinski definition) is 3. The van der Waals surface area contributed by atoms with E-state index in [4.69, 9.17) is 9.47 Å². The molecule has 1 aliphatic rings. The highest BCUT2D eigenvalue weighted by Crippen LogP contribution is 2.29. The Morgan fingerprint density at radius 2 is 2.04 bits per heavy atom. The second-order valence-electron chi connectivity index (χ2n) is 7.02. The van der Waals surface area contributed by atoms with E-state index in [1.807, 2.05) is 13.8 Å². The summed E-state index contributed by atoms with van der Waals surface area (Å²) in [6.45, 7) is 6.42. The van der Waals surface area contributed by atoms with E-state index in [0.717, 1.165) is 13.1 Å². The lowest BCUT2D eigenvalue weighted by molar-refractivity contribution is -0.914. The largest absolute Gasteiger partial charge is 0.464 e. The molecular weight excluding hydrogens is 353 g/mol. The van der Waals surface area contributed by atoms with E-state index in [9.17, 15) is 14.0 Å². The van der Waals surface area contributed by atoms with Gasteiger partial charge in [-0.25, -0.2) is 9.18 Å². The average Bonchev–Trinajstić information content (AvgIpc) is 2.96. The summed E-state index contributed by atoms with van der Waals surface area (Å²) in [5.74, 6) is -1.30. The lowest BCUT2D eigenvalue weighted by Crippen LogP contribution is -3.15. The Bertz CT molecular complexity index is 841. The molecular formula is C19H25FN3O4+. The minimum Gasteiger partial charge on any atom is -0.464 e. The number of amides is 1. The summed E-state index contributed by atoms with van der Waals surface area (Å²) >= 11 is 0. The van der Waals surface area contributed by atoms with Crippen molar-refractivity contribution in [2.75, 3.05) is 32.1 Å². The number of carbonyl (C=O) groups is 2. The third kappa shape index (κ3) is 4.45. The van der Waals surface area contributed by atoms with Gasteiger partial charge in [0.15, 0.2) is 0 Å². The Hall–Kier alpha value is -2.45. The van der Waals surface area contributed by atoms with E-state index >= 15 is 0 Å². The summed E-state index contributed by atoms with van der Waals surface area (Å²) in [4.78, 5) is 28.7. The number of methoxy groups -OCH3 is 1. The lowest BCUT2D eigenvalue weighted by atomic mass is 10.2. The fraction of sp³-hybridized carbons (Fsp3) is 0.474. The van der Waals surface area contributed by atoms with Crippen LogP contribution in [0.1, 0.15) is 30.8 Å². The molecule has 146 valence electrons. The molecule has 27 heavy (non-hydrogen) atoms. The number of aromatic amines is 1. The summed E-state index contributed by atoms with van der Waals surface area (Å²) in [6.07, 6.45) is 0.612. The van der Waals surface area contributed by atoms with Crippen LogP contribution in [0.15, 0.2) is 18.2 Å². The number of morpholine rings is 1. The molecule has 1 fully saturated rings. The van der Waals surface area contributed by atoms with Gasteiger partial charge in [-0.3, -0.25) is 4.79 Å². The quantitative estimate of drug-likeness (QED) is 0.681. The number of anilines is 1. The molecule has 1 aliphatic heterocycles. The molecule has 3 rings (SSSR count). The molecule has 8 heteroatoms. The molecule has 2 heterocycles. The fourth-order valence-corrected chi connectivity index (χ4v) is 3.63. The number of nitrogens with one attached hydrogen (secondary N) is 3. The summed E-state index contributed by atoms with van der Waals surface area (Å²) in [7, 11) is 1.25. The van der Waals surface area contributed by atoms with Crippen molar-refractivity contribution in [2.45, 2.75) is 32.5 Å². The van der Waals surface area contributed by atoms with Crippen molar-refractivity contribution in [1.29, 1.82) is 0 Å². The predicted octanol–water partition coefficient (Wildman–Crippen LogP) is 1.11. The van der Waals surface area contributed by atoms with Crippen LogP contribution in [0.3, 0.4) is 0 Å². The second-order valence-corrected chi connectivity index (χ2v) is 7.02. The first-order valence-electron chi connectivity index (χ1n) is 9.05. The number of rotatable bonds is 5. The molecule has 0 spiro atoms. The van der Waals surface area contributed by atoms with Gasteiger partial charge in [0.25, 0.3) is 0 Å². The normalized spacial score (nSPS) is 22.6. The monoisotopic (exact) mass is 378 g/mol. The smallest absolute Gasteiger partial charge is 0.356 e. The van der Waals surface area contributed by atoms with Crippen LogP contribution < -0.4 is 10.2 Å². The number of ether oxygens (including phenoxy) is 2. The molecule has 0 saturated carbocycles.